The van der Waals surface area contributed by atoms with Crippen molar-refractivity contribution in [3.05, 3.63) is 96.6 Å². The Bertz CT molecular complexity index is 2320. The van der Waals surface area contributed by atoms with Gasteiger partial charge in [0.05, 0.1) is 38.6 Å². The first kappa shape index (κ1) is 47.1. The molecule has 0 radical (unpaired) electrons. The third-order valence-corrected chi connectivity index (χ3v) is 11.6. The van der Waals surface area contributed by atoms with Crippen molar-refractivity contribution in [1.29, 1.82) is 0 Å². The van der Waals surface area contributed by atoms with Gasteiger partial charge < -0.3 is 28.4 Å². The number of unbranched alkanes of at least 4 members (excludes halogenated alkanes) is 10. The van der Waals surface area contributed by atoms with Crippen LogP contribution in [0.4, 0.5) is 0 Å². The topological polar surface area (TPSA) is 72.5 Å². The quantitative estimate of drug-likeness (QED) is 0.0211. The largest absolute Gasteiger partial charge is 0.490 e. The molecule has 6 aromatic carbocycles. The SMILES string of the molecule is CCCCCOc1cc2c(cc1OCCCCC)c1ccc(OCCCCC)c(OCCCCC)c1c1cc(OCCCCC)c(OC(=O)c3ccc(-c4ccccc4)cc3)cc21. The van der Waals surface area contributed by atoms with Crippen LogP contribution < -0.4 is 28.4 Å². The van der Waals surface area contributed by atoms with Gasteiger partial charge in [-0.1, -0.05) is 141 Å². The number of carbonyl (C=O) groups is 1. The smallest absolute Gasteiger partial charge is 0.343 e. The van der Waals surface area contributed by atoms with Crippen molar-refractivity contribution in [3.8, 4) is 45.6 Å². The summed E-state index contributed by atoms with van der Waals surface area (Å²) >= 11 is 0. The lowest BCUT2D eigenvalue weighted by molar-refractivity contribution is 0.0728. The van der Waals surface area contributed by atoms with Crippen LogP contribution in [-0.4, -0.2) is 39.0 Å². The fourth-order valence-electron chi connectivity index (χ4n) is 7.98. The summed E-state index contributed by atoms with van der Waals surface area (Å²) in [6.07, 6.45) is 15.5. The molecule has 0 aliphatic rings. The average Bonchev–Trinajstić information content (AvgIpc) is 3.31. The Morgan fingerprint density at radius 3 is 1.32 bits per heavy atom. The number of hydrogen-bond donors (Lipinski definition) is 0. The van der Waals surface area contributed by atoms with Crippen LogP contribution in [-0.2, 0) is 0 Å². The lowest BCUT2D eigenvalue weighted by atomic mass is 9.92. The monoisotopic (exact) mass is 855 g/mol. The Balaban J connectivity index is 1.57. The summed E-state index contributed by atoms with van der Waals surface area (Å²) in [5.74, 6) is 3.29. The summed E-state index contributed by atoms with van der Waals surface area (Å²) < 4.78 is 39.5. The first-order chi connectivity index (χ1) is 31.0. The van der Waals surface area contributed by atoms with E-state index in [1.54, 1.807) is 0 Å². The summed E-state index contributed by atoms with van der Waals surface area (Å²) in [7, 11) is 0. The molecule has 336 valence electrons. The summed E-state index contributed by atoms with van der Waals surface area (Å²) in [5.41, 5.74) is 2.56. The van der Waals surface area contributed by atoms with Gasteiger partial charge in [0.1, 0.15) is 0 Å². The molecule has 0 saturated heterocycles. The number of ether oxygens (including phenoxy) is 6. The van der Waals surface area contributed by atoms with Gasteiger partial charge in [-0.05, 0) is 119 Å². The van der Waals surface area contributed by atoms with Gasteiger partial charge in [-0.2, -0.15) is 0 Å². The molecule has 7 nitrogen and oxygen atoms in total. The van der Waals surface area contributed by atoms with Gasteiger partial charge in [0.2, 0.25) is 0 Å². The Morgan fingerprint density at radius 1 is 0.381 bits per heavy atom. The van der Waals surface area contributed by atoms with Gasteiger partial charge >= 0.3 is 5.97 Å². The van der Waals surface area contributed by atoms with Crippen LogP contribution in [0.1, 0.15) is 141 Å². The standard InChI is InChI=1S/C56H70O7/c1-6-11-19-32-58-49-31-30-44-45-37-50(59-33-20-12-7-2)51(60-34-21-13-8-3)38-46(45)47-39-53(63-56(57)43-28-26-42(27-29-43)41-24-17-16-18-25-41)52(61-35-22-14-9-4)40-48(47)54(44)55(49)62-36-23-15-10-5/h16-18,24-31,37-40H,6-15,19-23,32-36H2,1-5H3. The molecule has 0 N–H and O–H groups in total. The van der Waals surface area contributed by atoms with Crippen molar-refractivity contribution in [2.24, 2.45) is 0 Å². The molecule has 0 spiro atoms. The average molecular weight is 855 g/mol. The van der Waals surface area contributed by atoms with E-state index in [2.05, 4.69) is 71.0 Å². The van der Waals surface area contributed by atoms with E-state index >= 15 is 0 Å². The van der Waals surface area contributed by atoms with E-state index in [1.807, 2.05) is 54.6 Å². The molecule has 0 aliphatic carbocycles. The number of carbonyl (C=O) groups excluding carboxylic acids is 1. The third kappa shape index (κ3) is 12.6. The molecule has 7 heteroatoms. The molecule has 6 aromatic rings. The molecular formula is C56H70O7. The van der Waals surface area contributed by atoms with Crippen LogP contribution >= 0.6 is 0 Å². The second-order valence-electron chi connectivity index (χ2n) is 16.6. The number of rotatable bonds is 28. The molecule has 0 heterocycles. The molecule has 0 fully saturated rings. The number of benzene rings is 6. The normalized spacial score (nSPS) is 11.3. The van der Waals surface area contributed by atoms with E-state index in [-0.39, 0.29) is 0 Å². The molecule has 63 heavy (non-hydrogen) atoms. The maximum Gasteiger partial charge on any atom is 0.343 e. The van der Waals surface area contributed by atoms with E-state index in [0.717, 1.165) is 157 Å². The Hall–Kier alpha value is -5.43. The van der Waals surface area contributed by atoms with Crippen molar-refractivity contribution < 1.29 is 33.2 Å². The van der Waals surface area contributed by atoms with Gasteiger partial charge in [-0.15, -0.1) is 0 Å². The Morgan fingerprint density at radius 2 is 0.794 bits per heavy atom. The fraction of sp³-hybridized carbons (Fsp3) is 0.446. The van der Waals surface area contributed by atoms with Crippen LogP contribution in [0.3, 0.4) is 0 Å². The first-order valence-corrected chi connectivity index (χ1v) is 24.1. The maximum absolute atomic E-state index is 14.1. The zero-order chi connectivity index (χ0) is 44.2. The van der Waals surface area contributed by atoms with Gasteiger partial charge in [0.15, 0.2) is 34.5 Å². The highest BCUT2D eigenvalue weighted by atomic mass is 16.6. The van der Waals surface area contributed by atoms with Crippen molar-refractivity contribution in [2.75, 3.05) is 33.0 Å². The molecule has 0 aliphatic heterocycles. The number of fused-ring (bicyclic) bond motifs is 6. The Labute approximate surface area is 376 Å². The second kappa shape index (κ2) is 25.0. The van der Waals surface area contributed by atoms with Gasteiger partial charge in [0.25, 0.3) is 0 Å². The first-order valence-electron chi connectivity index (χ1n) is 24.1. The molecule has 0 amide bonds. The Kier molecular flexibility index (Phi) is 18.7. The minimum Gasteiger partial charge on any atom is -0.490 e. The van der Waals surface area contributed by atoms with Crippen LogP contribution in [0.15, 0.2) is 91.0 Å². The van der Waals surface area contributed by atoms with Crippen LogP contribution in [0, 0.1) is 0 Å². The zero-order valence-corrected chi connectivity index (χ0v) is 38.7. The summed E-state index contributed by atoms with van der Waals surface area (Å²) in [6.45, 7) is 13.8. The van der Waals surface area contributed by atoms with Crippen molar-refractivity contribution in [1.82, 2.24) is 0 Å². The van der Waals surface area contributed by atoms with Crippen molar-refractivity contribution in [2.45, 2.75) is 131 Å². The van der Waals surface area contributed by atoms with Crippen LogP contribution in [0.2, 0.25) is 0 Å². The van der Waals surface area contributed by atoms with Gasteiger partial charge in [0, 0.05) is 5.39 Å². The second-order valence-corrected chi connectivity index (χ2v) is 16.6. The summed E-state index contributed by atoms with van der Waals surface area (Å²) in [6, 6.07) is 30.2. The van der Waals surface area contributed by atoms with E-state index in [0.29, 0.717) is 55.8 Å². The van der Waals surface area contributed by atoms with Crippen LogP contribution in [0.5, 0.6) is 34.5 Å². The van der Waals surface area contributed by atoms with Crippen molar-refractivity contribution in [3.63, 3.8) is 0 Å². The van der Waals surface area contributed by atoms with Gasteiger partial charge in [-0.3, -0.25) is 0 Å². The van der Waals surface area contributed by atoms with E-state index in [9.17, 15) is 4.79 Å². The molecule has 0 atom stereocenters. The van der Waals surface area contributed by atoms with E-state index in [4.69, 9.17) is 28.4 Å². The highest BCUT2D eigenvalue weighted by Crippen LogP contribution is 2.49. The molecule has 6 rings (SSSR count). The minimum absolute atomic E-state index is 0.361. The highest BCUT2D eigenvalue weighted by Gasteiger charge is 2.23. The van der Waals surface area contributed by atoms with Crippen LogP contribution in [0.25, 0.3) is 43.4 Å². The third-order valence-electron chi connectivity index (χ3n) is 11.6. The van der Waals surface area contributed by atoms with Gasteiger partial charge in [-0.25, -0.2) is 4.79 Å². The van der Waals surface area contributed by atoms with E-state index in [1.165, 1.54) is 0 Å². The molecule has 0 saturated carbocycles. The van der Waals surface area contributed by atoms with E-state index < -0.39 is 5.97 Å². The molecular weight excluding hydrogens is 785 g/mol. The predicted octanol–water partition coefficient (Wildman–Crippen LogP) is 15.9. The lowest BCUT2D eigenvalue weighted by Crippen LogP contribution is -2.10. The highest BCUT2D eigenvalue weighted by molar-refractivity contribution is 6.28. The summed E-state index contributed by atoms with van der Waals surface area (Å²) in [4.78, 5) is 14.1. The summed E-state index contributed by atoms with van der Waals surface area (Å²) in [5, 5.41) is 5.71. The maximum atomic E-state index is 14.1. The number of esters is 1. The molecule has 0 bridgehead atoms. The number of hydrogen-bond acceptors (Lipinski definition) is 7. The predicted molar refractivity (Wildman–Crippen MR) is 261 cm³/mol. The minimum atomic E-state index is -0.456. The molecule has 0 unspecified atom stereocenters. The fourth-order valence-corrected chi connectivity index (χ4v) is 7.98. The lowest BCUT2D eigenvalue weighted by Gasteiger charge is -2.21. The zero-order valence-electron chi connectivity index (χ0n) is 38.7. The molecule has 0 aromatic heterocycles. The van der Waals surface area contributed by atoms with Crippen molar-refractivity contribution >= 4 is 38.3 Å².